The van der Waals surface area contributed by atoms with E-state index in [-0.39, 0.29) is 0 Å². The van der Waals surface area contributed by atoms with Crippen molar-refractivity contribution in [1.82, 2.24) is 0 Å². The lowest BCUT2D eigenvalue weighted by atomic mass is 10.1. The molecule has 0 bridgehead atoms. The molecular formula is C15H22F2Si. The Morgan fingerprint density at radius 2 is 1.50 bits per heavy atom. The molecule has 0 aliphatic rings. The van der Waals surface area contributed by atoms with Crippen LogP contribution in [0.25, 0.3) is 5.20 Å². The number of halogens is 2. The van der Waals surface area contributed by atoms with Crippen molar-refractivity contribution in [2.75, 3.05) is 0 Å². The fraction of sp³-hybridized carbons (Fsp3) is 0.467. The van der Waals surface area contributed by atoms with Crippen molar-refractivity contribution in [3.63, 3.8) is 0 Å². The summed E-state index contributed by atoms with van der Waals surface area (Å²) in [7, 11) is -2.05. The molecule has 0 unspecified atom stereocenters. The van der Waals surface area contributed by atoms with E-state index in [0.717, 1.165) is 29.3 Å². The van der Waals surface area contributed by atoms with Gasteiger partial charge in [0.2, 0.25) is 0 Å². The molecule has 0 fully saturated rings. The molecular weight excluding hydrogens is 246 g/mol. The third kappa shape index (κ3) is 2.71. The second-order valence-corrected chi connectivity index (χ2v) is 9.97. The predicted molar refractivity (Wildman–Crippen MR) is 77.5 cm³/mol. The van der Waals surface area contributed by atoms with Gasteiger partial charge >= 0.3 is 0 Å². The summed E-state index contributed by atoms with van der Waals surface area (Å²) < 4.78 is 27.1. The van der Waals surface area contributed by atoms with Crippen molar-refractivity contribution in [3.05, 3.63) is 41.5 Å². The van der Waals surface area contributed by atoms with Gasteiger partial charge in [-0.05, 0) is 18.1 Å². The zero-order valence-corrected chi connectivity index (χ0v) is 12.7. The highest BCUT2D eigenvalue weighted by atomic mass is 28.3. The normalized spacial score (nSPS) is 11.4. The highest BCUT2D eigenvalue weighted by Gasteiger charge is 2.36. The first-order valence-electron chi connectivity index (χ1n) is 6.64. The molecule has 18 heavy (non-hydrogen) atoms. The third-order valence-electron chi connectivity index (χ3n) is 4.16. The highest BCUT2D eigenvalue weighted by molar-refractivity contribution is 6.96. The van der Waals surface area contributed by atoms with Crippen LogP contribution >= 0.6 is 0 Å². The zero-order valence-electron chi connectivity index (χ0n) is 11.7. The molecule has 0 spiro atoms. The minimum absolute atomic E-state index is 0.383. The summed E-state index contributed by atoms with van der Waals surface area (Å²) in [6.07, 6.45) is -1.47. The molecule has 0 amide bonds. The number of rotatable bonds is 5. The monoisotopic (exact) mass is 268 g/mol. The van der Waals surface area contributed by atoms with Gasteiger partial charge in [-0.1, -0.05) is 63.2 Å². The maximum Gasteiger partial charge on any atom is 0.270 e. The topological polar surface area (TPSA) is 0 Å². The Hall–Kier alpha value is -0.963. The minimum atomic E-state index is -2.05. The largest absolute Gasteiger partial charge is 0.270 e. The molecule has 3 heteroatoms. The van der Waals surface area contributed by atoms with Crippen molar-refractivity contribution >= 4 is 13.3 Å². The van der Waals surface area contributed by atoms with Crippen LogP contribution in [0.15, 0.2) is 30.3 Å². The molecule has 0 saturated carbocycles. The number of aryl methyl sites for hydroxylation is 1. The molecule has 0 radical (unpaired) electrons. The second kappa shape index (κ2) is 6.28. The Morgan fingerprint density at radius 3 is 1.89 bits per heavy atom. The van der Waals surface area contributed by atoms with E-state index in [2.05, 4.69) is 20.8 Å². The maximum atomic E-state index is 13.5. The summed E-state index contributed by atoms with van der Waals surface area (Å²) >= 11 is 0. The molecule has 100 valence electrons. The van der Waals surface area contributed by atoms with Crippen LogP contribution in [0.3, 0.4) is 0 Å². The van der Waals surface area contributed by atoms with Crippen molar-refractivity contribution in [1.29, 1.82) is 0 Å². The molecule has 0 aliphatic carbocycles. The molecule has 0 atom stereocenters. The highest BCUT2D eigenvalue weighted by Crippen LogP contribution is 2.39. The summed E-state index contributed by atoms with van der Waals surface area (Å²) in [5.74, 6) is 0. The Balaban J connectivity index is 3.46. The Bertz CT molecular complexity index is 422. The molecule has 0 heterocycles. The van der Waals surface area contributed by atoms with Gasteiger partial charge in [-0.2, -0.15) is 8.78 Å². The first kappa shape index (κ1) is 15.1. The van der Waals surface area contributed by atoms with Crippen LogP contribution in [-0.2, 0) is 0 Å². The lowest BCUT2D eigenvalue weighted by Crippen LogP contribution is -2.34. The van der Waals surface area contributed by atoms with Crippen LogP contribution in [0.4, 0.5) is 8.78 Å². The molecule has 0 N–H and O–H groups in total. The van der Waals surface area contributed by atoms with E-state index in [1.807, 2.05) is 31.2 Å². The van der Waals surface area contributed by atoms with E-state index in [4.69, 9.17) is 0 Å². The van der Waals surface area contributed by atoms with Gasteiger partial charge in [0.15, 0.2) is 0 Å². The summed E-state index contributed by atoms with van der Waals surface area (Å²) in [6, 6.07) is 10.1. The van der Waals surface area contributed by atoms with Crippen LogP contribution in [0, 0.1) is 6.92 Å². The number of hydrogen-bond donors (Lipinski definition) is 0. The van der Waals surface area contributed by atoms with Crippen molar-refractivity contribution in [3.8, 4) is 0 Å². The minimum Gasteiger partial charge on any atom is -0.174 e. The quantitative estimate of drug-likeness (QED) is 0.605. The zero-order chi connectivity index (χ0) is 13.8. The van der Waals surface area contributed by atoms with Crippen molar-refractivity contribution in [2.45, 2.75) is 45.8 Å². The van der Waals surface area contributed by atoms with Crippen molar-refractivity contribution < 1.29 is 8.78 Å². The van der Waals surface area contributed by atoms with Gasteiger partial charge in [0.05, 0.1) is 8.07 Å². The van der Waals surface area contributed by atoms with Gasteiger partial charge in [0, 0.05) is 5.20 Å². The van der Waals surface area contributed by atoms with Gasteiger partial charge in [-0.3, -0.25) is 0 Å². The lowest BCUT2D eigenvalue weighted by molar-refractivity contribution is 0.427. The molecule has 0 aliphatic heterocycles. The van der Waals surface area contributed by atoms with E-state index in [1.54, 1.807) is 0 Å². The first-order valence-corrected chi connectivity index (χ1v) is 9.26. The van der Waals surface area contributed by atoms with Gasteiger partial charge in [0.1, 0.15) is 0 Å². The summed E-state index contributed by atoms with van der Waals surface area (Å²) in [5.41, 5.74) is 1.71. The van der Waals surface area contributed by atoms with E-state index in [0.29, 0.717) is 5.20 Å². The fourth-order valence-electron chi connectivity index (χ4n) is 2.72. The third-order valence-corrected chi connectivity index (χ3v) is 9.74. The summed E-state index contributed by atoms with van der Waals surface area (Å²) in [6.45, 7) is 8.08. The Labute approximate surface area is 110 Å². The Kier molecular flexibility index (Phi) is 5.26. The standard InChI is InChI=1S/C15H22F2Si/c1-5-18(6-2,7-3)14(15(16)17)13-11-9-8-10-12(13)4/h8-11H,5-7H2,1-4H3. The predicted octanol–water partition coefficient (Wildman–Crippen LogP) is 5.65. The van der Waals surface area contributed by atoms with Crippen LogP contribution in [0.5, 0.6) is 0 Å². The average Bonchev–Trinajstić information content (AvgIpc) is 2.37. The summed E-state index contributed by atoms with van der Waals surface area (Å²) in [4.78, 5) is 0. The van der Waals surface area contributed by atoms with E-state index in [1.165, 1.54) is 0 Å². The number of hydrogen-bond acceptors (Lipinski definition) is 0. The second-order valence-electron chi connectivity index (χ2n) is 4.79. The van der Waals surface area contributed by atoms with Gasteiger partial charge in [-0.25, -0.2) is 0 Å². The molecule has 1 aromatic carbocycles. The number of benzene rings is 1. The fourth-order valence-corrected chi connectivity index (χ4v) is 6.54. The Morgan fingerprint density at radius 1 is 1.00 bits per heavy atom. The SMILES string of the molecule is CC[Si](CC)(CC)C(=C(F)F)c1ccccc1C. The van der Waals surface area contributed by atoms with Crippen LogP contribution in [0.1, 0.15) is 31.9 Å². The van der Waals surface area contributed by atoms with Crippen molar-refractivity contribution in [2.24, 2.45) is 0 Å². The van der Waals surface area contributed by atoms with E-state index >= 15 is 0 Å². The first-order chi connectivity index (χ1) is 8.52. The summed E-state index contributed by atoms with van der Waals surface area (Å²) in [5, 5.41) is 0.383. The average molecular weight is 268 g/mol. The molecule has 1 rings (SSSR count). The van der Waals surface area contributed by atoms with Gasteiger partial charge in [-0.15, -0.1) is 0 Å². The molecule has 0 nitrogen and oxygen atoms in total. The van der Waals surface area contributed by atoms with Crippen LogP contribution < -0.4 is 0 Å². The maximum absolute atomic E-state index is 13.5. The van der Waals surface area contributed by atoms with E-state index < -0.39 is 14.2 Å². The molecule has 0 saturated heterocycles. The van der Waals surface area contributed by atoms with Crippen LogP contribution in [-0.4, -0.2) is 8.07 Å². The molecule has 1 aromatic rings. The van der Waals surface area contributed by atoms with Gasteiger partial charge < -0.3 is 0 Å². The van der Waals surface area contributed by atoms with Crippen LogP contribution in [0.2, 0.25) is 18.1 Å². The van der Waals surface area contributed by atoms with E-state index in [9.17, 15) is 8.78 Å². The lowest BCUT2D eigenvalue weighted by Gasteiger charge is -2.31. The smallest absolute Gasteiger partial charge is 0.174 e. The van der Waals surface area contributed by atoms with Gasteiger partial charge in [0.25, 0.3) is 6.08 Å². The molecule has 0 aromatic heterocycles.